The molecule has 0 aliphatic rings. The number of rotatable bonds is 6. The van der Waals surface area contributed by atoms with E-state index in [1.165, 1.54) is 0 Å². The molecule has 5 aromatic rings. The molecule has 0 bridgehead atoms. The van der Waals surface area contributed by atoms with Crippen LogP contribution in [0.4, 0.5) is 5.82 Å². The average Bonchev–Trinajstić information content (AvgIpc) is 2.90. The molecule has 5 rings (SSSR count). The van der Waals surface area contributed by atoms with Crippen LogP contribution in [-0.4, -0.2) is 39.4 Å². The molecule has 168 valence electrons. The number of fused-ring (bicyclic) bond motifs is 2. The molecule has 3 heterocycles. The Hall–Kier alpha value is -4.39. The summed E-state index contributed by atoms with van der Waals surface area (Å²) in [5, 5.41) is 8.05. The Morgan fingerprint density at radius 2 is 1.85 bits per heavy atom. The first-order valence-corrected chi connectivity index (χ1v) is 11.1. The van der Waals surface area contributed by atoms with E-state index in [1.54, 1.807) is 31.8 Å². The molecule has 0 aliphatic heterocycles. The fourth-order valence-electron chi connectivity index (χ4n) is 4.14. The van der Waals surface area contributed by atoms with Gasteiger partial charge in [0, 0.05) is 54.3 Å². The minimum Gasteiger partial charge on any atom is -0.369 e. The molecule has 2 aromatic carbocycles. The summed E-state index contributed by atoms with van der Waals surface area (Å²) in [5.41, 5.74) is 5.35. The maximum Gasteiger partial charge on any atom is 0.251 e. The van der Waals surface area contributed by atoms with Crippen molar-refractivity contribution in [2.75, 3.05) is 18.9 Å². The first-order chi connectivity index (χ1) is 16.6. The van der Waals surface area contributed by atoms with Crippen LogP contribution in [0.25, 0.3) is 33.1 Å². The number of para-hydroxylation sites is 1. The lowest BCUT2D eigenvalue weighted by Crippen LogP contribution is -2.18. The molecule has 0 spiro atoms. The molecule has 0 fully saturated rings. The van der Waals surface area contributed by atoms with Gasteiger partial charge in [0.05, 0.1) is 22.3 Å². The number of nitrogens with one attached hydrogen (secondary N) is 2. The number of pyridine rings is 2. The Kier molecular flexibility index (Phi) is 5.82. The highest BCUT2D eigenvalue weighted by Gasteiger charge is 2.15. The summed E-state index contributed by atoms with van der Waals surface area (Å²) in [7, 11) is 1.63. The summed E-state index contributed by atoms with van der Waals surface area (Å²) < 4.78 is 0. The highest BCUT2D eigenvalue weighted by Crippen LogP contribution is 2.27. The van der Waals surface area contributed by atoms with E-state index in [9.17, 15) is 4.79 Å². The molecule has 1 unspecified atom stereocenters. The van der Waals surface area contributed by atoms with Gasteiger partial charge in [-0.15, -0.1) is 0 Å². The van der Waals surface area contributed by atoms with Crippen LogP contribution in [0.3, 0.4) is 0 Å². The summed E-state index contributed by atoms with van der Waals surface area (Å²) in [6, 6.07) is 19.8. The van der Waals surface area contributed by atoms with Crippen LogP contribution in [0.1, 0.15) is 28.8 Å². The number of carbonyl (C=O) groups is 1. The van der Waals surface area contributed by atoms with Crippen molar-refractivity contribution in [1.29, 1.82) is 0 Å². The Morgan fingerprint density at radius 1 is 0.941 bits per heavy atom. The third-order valence-corrected chi connectivity index (χ3v) is 5.96. The second-order valence-corrected chi connectivity index (χ2v) is 8.16. The van der Waals surface area contributed by atoms with Crippen molar-refractivity contribution in [2.24, 2.45) is 0 Å². The van der Waals surface area contributed by atoms with Gasteiger partial charge < -0.3 is 10.6 Å². The summed E-state index contributed by atoms with van der Waals surface area (Å²) >= 11 is 0. The fraction of sp³-hybridized carbons (Fsp3) is 0.148. The van der Waals surface area contributed by atoms with E-state index in [2.05, 4.69) is 49.6 Å². The van der Waals surface area contributed by atoms with Crippen molar-refractivity contribution < 1.29 is 4.79 Å². The van der Waals surface area contributed by atoms with Crippen molar-refractivity contribution in [3.05, 3.63) is 90.5 Å². The Bertz CT molecular complexity index is 1500. The zero-order chi connectivity index (χ0) is 23.5. The summed E-state index contributed by atoms with van der Waals surface area (Å²) in [6.07, 6.45) is 5.05. The number of hydrogen-bond acceptors (Lipinski definition) is 6. The molecule has 3 aromatic heterocycles. The molecule has 1 amide bonds. The highest BCUT2D eigenvalue weighted by molar-refractivity contribution is 6.06. The van der Waals surface area contributed by atoms with E-state index in [0.717, 1.165) is 44.4 Å². The van der Waals surface area contributed by atoms with E-state index >= 15 is 0 Å². The average molecular weight is 449 g/mol. The number of carbonyl (C=O) groups excluding carboxylic acids is 1. The molecule has 7 heteroatoms. The van der Waals surface area contributed by atoms with Crippen LogP contribution in [0.2, 0.25) is 0 Å². The number of benzene rings is 2. The zero-order valence-electron chi connectivity index (χ0n) is 19.0. The molecular weight excluding hydrogens is 424 g/mol. The normalized spacial score (nSPS) is 11.9. The number of aromatic nitrogens is 4. The largest absolute Gasteiger partial charge is 0.369 e. The SMILES string of the molecule is CNC(=O)c1ccnc2c(C(C)CNc3cc(-c4ccc5ncccc5c4)ncn3)cccc12. The predicted octanol–water partition coefficient (Wildman–Crippen LogP) is 4.82. The first kappa shape index (κ1) is 21.5. The second kappa shape index (κ2) is 9.23. The summed E-state index contributed by atoms with van der Waals surface area (Å²) in [4.78, 5) is 30.1. The third-order valence-electron chi connectivity index (χ3n) is 5.96. The van der Waals surface area contributed by atoms with Crippen molar-refractivity contribution >= 4 is 33.5 Å². The van der Waals surface area contributed by atoms with E-state index in [4.69, 9.17) is 0 Å². The van der Waals surface area contributed by atoms with Gasteiger partial charge in [0.2, 0.25) is 0 Å². The molecule has 0 radical (unpaired) electrons. The molecule has 0 saturated carbocycles. The van der Waals surface area contributed by atoms with Gasteiger partial charge >= 0.3 is 0 Å². The van der Waals surface area contributed by atoms with Gasteiger partial charge in [-0.25, -0.2) is 9.97 Å². The van der Waals surface area contributed by atoms with Gasteiger partial charge in [-0.3, -0.25) is 14.8 Å². The van der Waals surface area contributed by atoms with Crippen LogP contribution in [0.5, 0.6) is 0 Å². The lowest BCUT2D eigenvalue weighted by molar-refractivity contribution is 0.0964. The molecular formula is C27H24N6O. The van der Waals surface area contributed by atoms with Crippen LogP contribution in [0.15, 0.2) is 79.4 Å². The second-order valence-electron chi connectivity index (χ2n) is 8.16. The quantitative estimate of drug-likeness (QED) is 0.387. The van der Waals surface area contributed by atoms with E-state index in [-0.39, 0.29) is 11.8 Å². The van der Waals surface area contributed by atoms with Gasteiger partial charge in [0.25, 0.3) is 5.91 Å². The van der Waals surface area contributed by atoms with Gasteiger partial charge in [-0.2, -0.15) is 0 Å². The molecule has 34 heavy (non-hydrogen) atoms. The minimum atomic E-state index is -0.117. The van der Waals surface area contributed by atoms with Gasteiger partial charge in [0.1, 0.15) is 12.1 Å². The van der Waals surface area contributed by atoms with E-state index in [0.29, 0.717) is 12.1 Å². The number of amides is 1. The molecule has 7 nitrogen and oxygen atoms in total. The number of anilines is 1. The standard InChI is InChI=1S/C27H24N6O/c1-17(20-6-3-7-21-22(27(34)28-2)10-12-30-26(20)21)15-31-25-14-24(32-16-33-25)19-8-9-23-18(13-19)5-4-11-29-23/h3-14,16-17H,15H2,1-2H3,(H,28,34)(H,31,32,33). The summed E-state index contributed by atoms with van der Waals surface area (Å²) in [6.45, 7) is 2.79. The minimum absolute atomic E-state index is 0.117. The van der Waals surface area contributed by atoms with Crippen LogP contribution in [-0.2, 0) is 0 Å². The van der Waals surface area contributed by atoms with Crippen LogP contribution < -0.4 is 10.6 Å². The lowest BCUT2D eigenvalue weighted by Gasteiger charge is -2.16. The monoisotopic (exact) mass is 448 g/mol. The highest BCUT2D eigenvalue weighted by atomic mass is 16.1. The zero-order valence-corrected chi connectivity index (χ0v) is 19.0. The van der Waals surface area contributed by atoms with Crippen LogP contribution in [0, 0.1) is 0 Å². The topological polar surface area (TPSA) is 92.7 Å². The van der Waals surface area contributed by atoms with Crippen molar-refractivity contribution in [1.82, 2.24) is 25.3 Å². The van der Waals surface area contributed by atoms with Crippen molar-refractivity contribution in [3.8, 4) is 11.3 Å². The summed E-state index contributed by atoms with van der Waals surface area (Å²) in [5.74, 6) is 0.775. The third kappa shape index (κ3) is 4.15. The molecule has 0 aliphatic carbocycles. The Balaban J connectivity index is 1.37. The first-order valence-electron chi connectivity index (χ1n) is 11.1. The smallest absolute Gasteiger partial charge is 0.251 e. The number of nitrogens with zero attached hydrogens (tertiary/aromatic N) is 4. The van der Waals surface area contributed by atoms with Crippen molar-refractivity contribution in [3.63, 3.8) is 0 Å². The van der Waals surface area contributed by atoms with E-state index < -0.39 is 0 Å². The van der Waals surface area contributed by atoms with Crippen molar-refractivity contribution in [2.45, 2.75) is 12.8 Å². The number of hydrogen-bond donors (Lipinski definition) is 2. The Labute approximate surface area is 197 Å². The van der Waals surface area contributed by atoms with Gasteiger partial charge in [-0.05, 0) is 29.8 Å². The Morgan fingerprint density at radius 3 is 2.74 bits per heavy atom. The maximum atomic E-state index is 12.3. The van der Waals surface area contributed by atoms with E-state index in [1.807, 2.05) is 42.5 Å². The molecule has 2 N–H and O–H groups in total. The van der Waals surface area contributed by atoms with Gasteiger partial charge in [0.15, 0.2) is 0 Å². The predicted molar refractivity (Wildman–Crippen MR) is 135 cm³/mol. The van der Waals surface area contributed by atoms with Gasteiger partial charge in [-0.1, -0.05) is 37.3 Å². The lowest BCUT2D eigenvalue weighted by atomic mass is 9.96. The fourth-order valence-corrected chi connectivity index (χ4v) is 4.14. The molecule has 0 saturated heterocycles. The van der Waals surface area contributed by atoms with Crippen LogP contribution >= 0.6 is 0 Å². The molecule has 1 atom stereocenters. The maximum absolute atomic E-state index is 12.3.